The van der Waals surface area contributed by atoms with E-state index in [2.05, 4.69) is 187 Å². The minimum atomic E-state index is 0.250. The molecule has 0 fully saturated rings. The number of halogens is 2. The zero-order valence-corrected chi connectivity index (χ0v) is 45.1. The van der Waals surface area contributed by atoms with Crippen LogP contribution in [0, 0.1) is 45.4 Å². The van der Waals surface area contributed by atoms with Crippen LogP contribution in [0.15, 0.2) is 122 Å². The number of pyridine rings is 2. The van der Waals surface area contributed by atoms with Gasteiger partial charge >= 0.3 is 30.0 Å². The van der Waals surface area contributed by atoms with Crippen LogP contribution in [0.2, 0.25) is 5.02 Å². The third-order valence-corrected chi connectivity index (χ3v) is 13.2. The molecular formula is C56H54BrClN2S2Zn. The Labute approximate surface area is 403 Å². The molecule has 316 valence electrons. The topological polar surface area (TPSA) is 25.8 Å². The Bertz CT molecular complexity index is 3230. The molecule has 0 saturated carbocycles. The maximum atomic E-state index is 6.18. The van der Waals surface area contributed by atoms with E-state index in [1.54, 1.807) is 0 Å². The van der Waals surface area contributed by atoms with Crippen LogP contribution in [0.3, 0.4) is 0 Å². The molecule has 4 aromatic heterocycles. The van der Waals surface area contributed by atoms with Gasteiger partial charge < -0.3 is 6.92 Å². The van der Waals surface area contributed by atoms with Gasteiger partial charge in [-0.05, 0) is 115 Å². The van der Waals surface area contributed by atoms with Gasteiger partial charge in [-0.3, -0.25) is 9.97 Å². The fourth-order valence-electron chi connectivity index (χ4n) is 8.35. The molecule has 4 heterocycles. The van der Waals surface area contributed by atoms with Gasteiger partial charge in [-0.25, -0.2) is 0 Å². The van der Waals surface area contributed by atoms with E-state index in [-0.39, 0.29) is 5.41 Å². The van der Waals surface area contributed by atoms with Crippen LogP contribution < -0.4 is 0 Å². The van der Waals surface area contributed by atoms with E-state index in [1.807, 2.05) is 47.2 Å². The van der Waals surface area contributed by atoms with Gasteiger partial charge in [0.05, 0.1) is 20.8 Å². The van der Waals surface area contributed by atoms with Crippen molar-refractivity contribution in [2.45, 2.75) is 75.7 Å². The molecule has 0 aliphatic rings. The fraction of sp³-hybridized carbons (Fsp3) is 0.232. The molecule has 0 saturated heterocycles. The zero-order valence-electron chi connectivity index (χ0n) is 38.1. The average molecular weight is 1000 g/mol. The Morgan fingerprint density at radius 2 is 0.889 bits per heavy atom. The van der Waals surface area contributed by atoms with Crippen LogP contribution in [-0.2, 0) is 22.8 Å². The Kier molecular flexibility index (Phi) is 14.3. The average Bonchev–Trinajstić information content (AvgIpc) is 3.79. The monoisotopic (exact) mass is 996 g/mol. The van der Waals surface area contributed by atoms with E-state index in [9.17, 15) is 0 Å². The summed E-state index contributed by atoms with van der Waals surface area (Å²) in [6, 6.07) is 39.7. The Morgan fingerprint density at radius 1 is 0.508 bits per heavy atom. The standard InChI is InChI=1S/C28H27NS.C23H16ClNS.C5H11.BrH.Zn/c1-17-12-18(2)14-21(13-17)25-27-24(10-11-29-25)23-9-7-20-15-19(16-28(3,4)5)6-8-22(20)26(23)30-27;1-13-9-14(2)11-16(10-13)21-23-20(7-8-25-21)19-5-3-15-12-17(24)4-6-18(15)22(19)26-23;1-5(2,3)4;;/h6-15H,16H2,1-5H3;3-12H,1-2H3;1H2,2-4H3;1H;/q;;-1;;+2/p-1. The van der Waals surface area contributed by atoms with Crippen molar-refractivity contribution in [3.05, 3.63) is 161 Å². The van der Waals surface area contributed by atoms with E-state index in [1.165, 1.54) is 117 Å². The van der Waals surface area contributed by atoms with Gasteiger partial charge in [0.25, 0.3) is 0 Å². The van der Waals surface area contributed by atoms with Crippen molar-refractivity contribution in [1.29, 1.82) is 0 Å². The van der Waals surface area contributed by atoms with Crippen LogP contribution in [-0.4, -0.2) is 9.97 Å². The summed E-state index contributed by atoms with van der Waals surface area (Å²) in [6.07, 6.45) is 4.97. The first-order valence-corrected chi connectivity index (χ1v) is 30.3. The summed E-state index contributed by atoms with van der Waals surface area (Å²) in [5.74, 6) is 0. The molecule has 0 unspecified atom stereocenters. The molecular weight excluding hydrogens is 946 g/mol. The van der Waals surface area contributed by atoms with E-state index in [0.717, 1.165) is 22.8 Å². The maximum absolute atomic E-state index is 6.18. The summed E-state index contributed by atoms with van der Waals surface area (Å²) in [5, 5.41) is 11.1. The van der Waals surface area contributed by atoms with Crippen LogP contribution in [0.25, 0.3) is 84.4 Å². The number of aryl methyl sites for hydroxylation is 4. The summed E-state index contributed by atoms with van der Waals surface area (Å²) in [7, 11) is 0. The van der Waals surface area contributed by atoms with E-state index in [0.29, 0.717) is 5.41 Å². The van der Waals surface area contributed by atoms with Gasteiger partial charge in [0.1, 0.15) is 0 Å². The molecule has 0 aliphatic carbocycles. The predicted molar refractivity (Wildman–Crippen MR) is 281 cm³/mol. The molecule has 63 heavy (non-hydrogen) atoms. The van der Waals surface area contributed by atoms with Crippen molar-refractivity contribution in [2.75, 3.05) is 0 Å². The van der Waals surface area contributed by atoms with Gasteiger partial charge in [-0.15, -0.1) is 22.7 Å². The van der Waals surface area contributed by atoms with Crippen LogP contribution in [0.4, 0.5) is 0 Å². The molecule has 10 aromatic rings. The molecule has 0 atom stereocenters. The van der Waals surface area contributed by atoms with Crippen molar-refractivity contribution < 1.29 is 16.3 Å². The van der Waals surface area contributed by atoms with Gasteiger partial charge in [0, 0.05) is 59.5 Å². The predicted octanol–water partition coefficient (Wildman–Crippen LogP) is 18.7. The van der Waals surface area contributed by atoms with Crippen molar-refractivity contribution in [3.8, 4) is 22.5 Å². The first-order chi connectivity index (χ1) is 29.9. The molecule has 0 amide bonds. The quantitative estimate of drug-likeness (QED) is 0.130. The number of fused-ring (bicyclic) bond motifs is 10. The third kappa shape index (κ3) is 10.9. The molecule has 0 N–H and O–H groups in total. The van der Waals surface area contributed by atoms with Gasteiger partial charge in [-0.1, -0.05) is 136 Å². The van der Waals surface area contributed by atoms with Crippen molar-refractivity contribution in [1.82, 2.24) is 9.97 Å². The number of benzene rings is 6. The van der Waals surface area contributed by atoms with Crippen LogP contribution >= 0.6 is 47.9 Å². The van der Waals surface area contributed by atoms with E-state index in [4.69, 9.17) is 21.6 Å². The first-order valence-electron chi connectivity index (χ1n) is 21.3. The molecule has 0 radical (unpaired) electrons. The summed E-state index contributed by atoms with van der Waals surface area (Å²) in [4.78, 5) is 9.54. The summed E-state index contributed by atoms with van der Waals surface area (Å²) in [6.45, 7) is 25.5. The minimum absolute atomic E-state index is 0.250. The van der Waals surface area contributed by atoms with Crippen molar-refractivity contribution in [2.24, 2.45) is 10.8 Å². The molecule has 6 aromatic carbocycles. The Morgan fingerprint density at radius 3 is 1.32 bits per heavy atom. The number of nitrogens with zero attached hydrogens (tertiary/aromatic N) is 2. The molecule has 0 bridgehead atoms. The summed E-state index contributed by atoms with van der Waals surface area (Å²) >= 11 is 14.1. The summed E-state index contributed by atoms with van der Waals surface area (Å²) in [5.41, 5.74) is 11.6. The van der Waals surface area contributed by atoms with Crippen molar-refractivity contribution in [3.63, 3.8) is 0 Å². The number of aromatic nitrogens is 2. The van der Waals surface area contributed by atoms with Gasteiger partial charge in [0.15, 0.2) is 0 Å². The molecule has 7 heteroatoms. The van der Waals surface area contributed by atoms with Crippen LogP contribution in [0.1, 0.15) is 69.4 Å². The molecule has 10 rings (SSSR count). The van der Waals surface area contributed by atoms with E-state index >= 15 is 0 Å². The third-order valence-electron chi connectivity index (χ3n) is 10.5. The Hall–Kier alpha value is -4.03. The normalized spacial score (nSPS) is 11.7. The Balaban J connectivity index is 0.000000166. The SMILES string of the molecule is Cc1cc(C)cc(-c2nccc3c2sc2c4ccc(CC(C)(C)C)cc4ccc32)c1.Cc1cc(C)cc(-c2nccc3c2sc2c4ccc(Cl)cc4ccc32)c1.[CH2-]C(C)(C)C.[Zn+][Br]. The van der Waals surface area contributed by atoms with Gasteiger partial charge in [-0.2, -0.15) is 5.41 Å². The number of rotatable bonds is 3. The fourth-order valence-corrected chi connectivity index (χ4v) is 11.2. The van der Waals surface area contributed by atoms with Crippen molar-refractivity contribution >= 4 is 110 Å². The second-order valence-corrected chi connectivity index (χ2v) is 21.6. The number of hydrogen-bond acceptors (Lipinski definition) is 4. The number of hydrogen-bond donors (Lipinski definition) is 0. The second-order valence-electron chi connectivity index (χ2n) is 19.1. The zero-order chi connectivity index (χ0) is 45.4. The second kappa shape index (κ2) is 19.2. The molecule has 0 aliphatic heterocycles. The molecule has 2 nitrogen and oxygen atoms in total. The molecule has 0 spiro atoms. The first kappa shape index (κ1) is 47.0. The van der Waals surface area contributed by atoms with E-state index < -0.39 is 0 Å². The van der Waals surface area contributed by atoms with Gasteiger partial charge in [0.2, 0.25) is 0 Å². The van der Waals surface area contributed by atoms with Crippen LogP contribution in [0.5, 0.6) is 0 Å². The summed E-state index contributed by atoms with van der Waals surface area (Å²) < 4.78 is 5.19. The number of thiophene rings is 2.